The average molecular weight is 233 g/mol. The molecule has 0 heterocycles. The summed E-state index contributed by atoms with van der Waals surface area (Å²) in [4.78, 5) is 0. The van der Waals surface area contributed by atoms with Gasteiger partial charge in [0.2, 0.25) is 0 Å². The van der Waals surface area contributed by atoms with Crippen LogP contribution in [0.2, 0.25) is 0 Å². The molecule has 0 saturated heterocycles. The number of benzene rings is 1. The number of anilines is 1. The Morgan fingerprint density at radius 2 is 2.00 bits per heavy atom. The minimum atomic E-state index is 0.229. The van der Waals surface area contributed by atoms with E-state index in [2.05, 4.69) is 36.5 Å². The number of rotatable bonds is 4. The molecule has 0 spiro atoms. The van der Waals surface area contributed by atoms with Gasteiger partial charge in [-0.3, -0.25) is 0 Å². The summed E-state index contributed by atoms with van der Waals surface area (Å²) in [5.41, 5.74) is 2.42. The van der Waals surface area contributed by atoms with Gasteiger partial charge >= 0.3 is 0 Å². The Kier molecular flexibility index (Phi) is 4.43. The van der Waals surface area contributed by atoms with E-state index >= 15 is 0 Å². The summed E-state index contributed by atoms with van der Waals surface area (Å²) in [5, 5.41) is 12.5. The lowest BCUT2D eigenvalue weighted by Gasteiger charge is -2.28. The highest BCUT2D eigenvalue weighted by Crippen LogP contribution is 2.26. The molecule has 2 atom stereocenters. The molecule has 94 valence electrons. The first-order chi connectivity index (χ1) is 8.28. The Bertz CT molecular complexity index is 333. The zero-order valence-electron chi connectivity index (χ0n) is 10.7. The highest BCUT2D eigenvalue weighted by molar-refractivity contribution is 5.45. The van der Waals surface area contributed by atoms with Gasteiger partial charge in [-0.15, -0.1) is 0 Å². The molecule has 2 N–H and O–H groups in total. The van der Waals surface area contributed by atoms with Crippen LogP contribution >= 0.6 is 0 Å². The first kappa shape index (κ1) is 12.4. The van der Waals surface area contributed by atoms with Crippen molar-refractivity contribution < 1.29 is 5.11 Å². The van der Waals surface area contributed by atoms with Gasteiger partial charge in [-0.05, 0) is 42.9 Å². The van der Waals surface area contributed by atoms with Crippen molar-refractivity contribution in [3.8, 4) is 0 Å². The molecule has 1 aromatic carbocycles. The monoisotopic (exact) mass is 233 g/mol. The molecule has 0 radical (unpaired) electrons. The van der Waals surface area contributed by atoms with E-state index in [1.54, 1.807) is 0 Å². The largest absolute Gasteiger partial charge is 0.396 e. The highest BCUT2D eigenvalue weighted by Gasteiger charge is 2.18. The van der Waals surface area contributed by atoms with E-state index in [0.29, 0.717) is 6.04 Å². The predicted octanol–water partition coefficient (Wildman–Crippen LogP) is 3.21. The van der Waals surface area contributed by atoms with Crippen molar-refractivity contribution in [1.29, 1.82) is 0 Å². The average Bonchev–Trinajstić information content (AvgIpc) is 2.32. The van der Waals surface area contributed by atoms with E-state index in [1.165, 1.54) is 36.9 Å². The van der Waals surface area contributed by atoms with E-state index in [4.69, 9.17) is 5.11 Å². The van der Waals surface area contributed by atoms with Gasteiger partial charge in [0.25, 0.3) is 0 Å². The molecule has 1 aromatic rings. The van der Waals surface area contributed by atoms with Gasteiger partial charge in [0.1, 0.15) is 0 Å². The Morgan fingerprint density at radius 1 is 1.24 bits per heavy atom. The summed E-state index contributed by atoms with van der Waals surface area (Å²) in [6.07, 6.45) is 6.07. The lowest BCUT2D eigenvalue weighted by atomic mass is 9.87. The zero-order chi connectivity index (χ0) is 12.1. The van der Waals surface area contributed by atoms with Crippen molar-refractivity contribution >= 4 is 5.69 Å². The molecule has 1 saturated carbocycles. The van der Waals surface area contributed by atoms with Gasteiger partial charge in [0.05, 0.1) is 0 Å². The summed E-state index contributed by atoms with van der Waals surface area (Å²) < 4.78 is 0. The normalized spacial score (nSPS) is 24.6. The molecule has 2 nitrogen and oxygen atoms in total. The summed E-state index contributed by atoms with van der Waals surface area (Å²) in [6.45, 7) is 2.57. The van der Waals surface area contributed by atoms with Crippen LogP contribution < -0.4 is 5.32 Å². The first-order valence-corrected chi connectivity index (χ1v) is 6.74. The van der Waals surface area contributed by atoms with Crippen molar-refractivity contribution in [3.63, 3.8) is 0 Å². The lowest BCUT2D eigenvalue weighted by Crippen LogP contribution is -2.26. The fourth-order valence-corrected chi connectivity index (χ4v) is 2.70. The molecule has 1 fully saturated rings. The maximum Gasteiger partial charge on any atom is 0.0471 e. The second kappa shape index (κ2) is 6.06. The minimum absolute atomic E-state index is 0.229. The maximum absolute atomic E-state index is 8.86. The zero-order valence-corrected chi connectivity index (χ0v) is 10.7. The van der Waals surface area contributed by atoms with Crippen LogP contribution in [0, 0.1) is 5.92 Å². The smallest absolute Gasteiger partial charge is 0.0471 e. The molecule has 1 aliphatic rings. The highest BCUT2D eigenvalue weighted by atomic mass is 16.2. The van der Waals surface area contributed by atoms with Crippen LogP contribution in [-0.4, -0.2) is 17.8 Å². The molecule has 0 aromatic heterocycles. The van der Waals surface area contributed by atoms with Crippen molar-refractivity contribution in [2.45, 2.75) is 45.1 Å². The van der Waals surface area contributed by atoms with Gasteiger partial charge in [-0.2, -0.15) is 0 Å². The predicted molar refractivity (Wildman–Crippen MR) is 72.3 cm³/mol. The van der Waals surface area contributed by atoms with Crippen molar-refractivity contribution in [3.05, 3.63) is 29.8 Å². The van der Waals surface area contributed by atoms with Crippen LogP contribution in [0.4, 0.5) is 5.69 Å². The number of aliphatic hydroxyl groups is 1. The van der Waals surface area contributed by atoms with E-state index in [-0.39, 0.29) is 6.61 Å². The molecule has 2 rings (SSSR count). The van der Waals surface area contributed by atoms with Crippen LogP contribution in [0.1, 0.15) is 38.2 Å². The summed E-state index contributed by atoms with van der Waals surface area (Å²) in [6, 6.07) is 9.10. The van der Waals surface area contributed by atoms with E-state index in [0.717, 1.165) is 12.3 Å². The molecule has 2 unspecified atom stereocenters. The van der Waals surface area contributed by atoms with Crippen molar-refractivity contribution in [2.75, 3.05) is 11.9 Å². The summed E-state index contributed by atoms with van der Waals surface area (Å²) >= 11 is 0. The SMILES string of the molecule is CC1CCCC(Nc2ccc(CCO)cc2)C1. The Balaban J connectivity index is 1.89. The third kappa shape index (κ3) is 3.74. The maximum atomic E-state index is 8.86. The second-order valence-corrected chi connectivity index (χ2v) is 5.28. The molecule has 0 amide bonds. The van der Waals surface area contributed by atoms with Gasteiger partial charge in [-0.25, -0.2) is 0 Å². The third-order valence-electron chi connectivity index (χ3n) is 3.66. The summed E-state index contributed by atoms with van der Waals surface area (Å²) in [7, 11) is 0. The summed E-state index contributed by atoms with van der Waals surface area (Å²) in [5.74, 6) is 0.856. The van der Waals surface area contributed by atoms with E-state index in [1.807, 2.05) is 0 Å². The van der Waals surface area contributed by atoms with Crippen LogP contribution in [-0.2, 0) is 6.42 Å². The fraction of sp³-hybridized carbons (Fsp3) is 0.600. The van der Waals surface area contributed by atoms with Gasteiger partial charge < -0.3 is 10.4 Å². The van der Waals surface area contributed by atoms with Crippen molar-refractivity contribution in [1.82, 2.24) is 0 Å². The van der Waals surface area contributed by atoms with E-state index < -0.39 is 0 Å². The Labute approximate surface area is 104 Å². The van der Waals surface area contributed by atoms with Crippen LogP contribution in [0.15, 0.2) is 24.3 Å². The molecule has 0 bridgehead atoms. The Hall–Kier alpha value is -1.02. The standard InChI is InChI=1S/C15H23NO/c1-12-3-2-4-15(11-12)16-14-7-5-13(6-8-14)9-10-17/h5-8,12,15-17H,2-4,9-11H2,1H3. The van der Waals surface area contributed by atoms with E-state index in [9.17, 15) is 0 Å². The lowest BCUT2D eigenvalue weighted by molar-refractivity contribution is 0.299. The van der Waals surface area contributed by atoms with Gasteiger partial charge in [-0.1, -0.05) is 31.9 Å². The first-order valence-electron chi connectivity index (χ1n) is 6.74. The fourth-order valence-electron chi connectivity index (χ4n) is 2.70. The molecule has 17 heavy (non-hydrogen) atoms. The molecule has 2 heteroatoms. The van der Waals surface area contributed by atoms with Crippen LogP contribution in [0.5, 0.6) is 0 Å². The van der Waals surface area contributed by atoms with Crippen LogP contribution in [0.3, 0.4) is 0 Å². The molecule has 0 aliphatic heterocycles. The number of hydrogen-bond donors (Lipinski definition) is 2. The van der Waals surface area contributed by atoms with Crippen molar-refractivity contribution in [2.24, 2.45) is 5.92 Å². The number of nitrogens with one attached hydrogen (secondary N) is 1. The minimum Gasteiger partial charge on any atom is -0.396 e. The molecule has 1 aliphatic carbocycles. The number of aliphatic hydroxyl groups excluding tert-OH is 1. The molecular weight excluding hydrogens is 210 g/mol. The Morgan fingerprint density at radius 3 is 2.65 bits per heavy atom. The van der Waals surface area contributed by atoms with Gasteiger partial charge in [0.15, 0.2) is 0 Å². The second-order valence-electron chi connectivity index (χ2n) is 5.28. The van der Waals surface area contributed by atoms with Crippen LogP contribution in [0.25, 0.3) is 0 Å². The van der Waals surface area contributed by atoms with Gasteiger partial charge in [0, 0.05) is 18.3 Å². The third-order valence-corrected chi connectivity index (χ3v) is 3.66. The number of hydrogen-bond acceptors (Lipinski definition) is 2. The molecular formula is C15H23NO. The topological polar surface area (TPSA) is 32.3 Å². The quantitative estimate of drug-likeness (QED) is 0.837.